The Balaban J connectivity index is 0.000000899. The van der Waals surface area contributed by atoms with Crippen molar-refractivity contribution in [1.82, 2.24) is 0 Å². The Kier molecular flexibility index (Phi) is 16.6. The van der Waals surface area contributed by atoms with Crippen LogP contribution in [0.2, 0.25) is 0 Å². The van der Waals surface area contributed by atoms with Crippen molar-refractivity contribution >= 4 is 55.6 Å². The number of halogens is 3. The van der Waals surface area contributed by atoms with Gasteiger partial charge in [0.2, 0.25) is 0 Å². The van der Waals surface area contributed by atoms with Crippen LogP contribution in [0.4, 0.5) is 30.2 Å². The molecule has 5 rings (SSSR count). The molecule has 10 nitrogen and oxygen atoms in total. The van der Waals surface area contributed by atoms with Crippen molar-refractivity contribution in [3.63, 3.8) is 0 Å². The fraction of sp³-hybridized carbons (Fsp3) is 0.283. The highest BCUT2D eigenvalue weighted by Crippen LogP contribution is 2.41. The van der Waals surface area contributed by atoms with E-state index >= 15 is 0 Å². The average Bonchev–Trinajstić information content (AvgIpc) is 3.22. The zero-order valence-corrected chi connectivity index (χ0v) is 34.9. The Labute approximate surface area is 349 Å². The minimum atomic E-state index is -6.09. The quantitative estimate of drug-likeness (QED) is 0.0386. The van der Waals surface area contributed by atoms with E-state index in [0.717, 1.165) is 41.2 Å². The van der Waals surface area contributed by atoms with Crippen molar-refractivity contribution in [2.75, 3.05) is 49.6 Å². The first-order valence-corrected chi connectivity index (χ1v) is 20.7. The standard InChI is InChI=1S/C45H50N3O4.CHF3O3S/c1-7-47(28-30-51-44(49)32(3)4)37-22-18-34(19-23-37)43(35-20-24-38(25-21-35)48(8-2)29-31-52-45(50)33(5)6)41-26-27-42(40-17-13-12-16-39(40)41)46-36-14-10-9-11-15-36;2-1(3,4)8(5,6)7/h9-27,34,43,46H,3,5,7-8,28-31H2,1-2,4,6H3;(H,5,6,7)/q+1;/p-1. The number of esters is 2. The summed E-state index contributed by atoms with van der Waals surface area (Å²) in [5.41, 5.74) is 1.84. The lowest BCUT2D eigenvalue weighted by molar-refractivity contribution is -0.524. The molecule has 0 bridgehead atoms. The second kappa shape index (κ2) is 21.3. The molecule has 4 aromatic carbocycles. The number of alkyl halides is 3. The molecule has 1 unspecified atom stereocenters. The Bertz CT molecular complexity index is 2340. The molecule has 4 aromatic rings. The molecule has 1 atom stereocenters. The van der Waals surface area contributed by atoms with E-state index in [1.807, 2.05) is 18.2 Å². The van der Waals surface area contributed by atoms with Crippen molar-refractivity contribution < 1.29 is 49.8 Å². The molecule has 318 valence electrons. The third-order valence-electron chi connectivity index (χ3n) is 9.62. The van der Waals surface area contributed by atoms with E-state index in [0.29, 0.717) is 37.4 Å². The fourth-order valence-corrected chi connectivity index (χ4v) is 6.54. The Morgan fingerprint density at radius 1 is 0.833 bits per heavy atom. The molecule has 1 aliphatic carbocycles. The van der Waals surface area contributed by atoms with Gasteiger partial charge < -0.3 is 24.2 Å². The monoisotopic (exact) mass is 845 g/mol. The number of rotatable bonds is 16. The highest BCUT2D eigenvalue weighted by molar-refractivity contribution is 7.86. The number of hydrogen-bond donors (Lipinski definition) is 1. The number of fused-ring (bicyclic) bond motifs is 1. The van der Waals surface area contributed by atoms with Gasteiger partial charge in [0, 0.05) is 64.1 Å². The van der Waals surface area contributed by atoms with E-state index in [2.05, 4.69) is 139 Å². The second-order valence-electron chi connectivity index (χ2n) is 13.9. The zero-order valence-electron chi connectivity index (χ0n) is 34.1. The van der Waals surface area contributed by atoms with Crippen molar-refractivity contribution in [3.8, 4) is 0 Å². The third kappa shape index (κ3) is 12.8. The number of allylic oxidation sites excluding steroid dienone is 4. The molecule has 1 aliphatic rings. The summed E-state index contributed by atoms with van der Waals surface area (Å²) in [6, 6.07) is 32.1. The van der Waals surface area contributed by atoms with Gasteiger partial charge in [-0.1, -0.05) is 86.0 Å². The first-order valence-electron chi connectivity index (χ1n) is 19.3. The molecule has 0 fully saturated rings. The molecular formula is C46H50F3N3O7S. The number of ether oxygens (including phenoxy) is 2. The van der Waals surface area contributed by atoms with Gasteiger partial charge in [0.25, 0.3) is 0 Å². The van der Waals surface area contributed by atoms with E-state index in [1.165, 1.54) is 16.5 Å². The van der Waals surface area contributed by atoms with Gasteiger partial charge in [-0.25, -0.2) is 22.6 Å². The molecule has 60 heavy (non-hydrogen) atoms. The number of nitrogens with one attached hydrogen (secondary N) is 1. The zero-order chi connectivity index (χ0) is 44.0. The summed E-state index contributed by atoms with van der Waals surface area (Å²) in [5.74, 6) is -0.629. The topological polar surface area (TPSA) is 128 Å². The van der Waals surface area contributed by atoms with Gasteiger partial charge >= 0.3 is 17.4 Å². The van der Waals surface area contributed by atoms with Crippen LogP contribution in [0.1, 0.15) is 44.7 Å². The normalized spacial score (nSPS) is 14.1. The van der Waals surface area contributed by atoms with E-state index in [-0.39, 0.29) is 23.8 Å². The predicted molar refractivity (Wildman–Crippen MR) is 230 cm³/mol. The van der Waals surface area contributed by atoms with Gasteiger partial charge in [-0.2, -0.15) is 13.2 Å². The molecule has 1 N–H and O–H groups in total. The maximum atomic E-state index is 11.9. The van der Waals surface area contributed by atoms with Crippen molar-refractivity contribution in [1.29, 1.82) is 0 Å². The molecule has 0 radical (unpaired) electrons. The lowest BCUT2D eigenvalue weighted by Gasteiger charge is -2.28. The minimum absolute atomic E-state index is 0.0250. The molecule has 0 heterocycles. The summed E-state index contributed by atoms with van der Waals surface area (Å²) in [6.45, 7) is 18.2. The SMILES string of the molecule is C=C(C)C(=O)OCCN(CC)c1ccc(C(c2ccc(Nc3ccccc3)c3ccccc23)C2C=CC(=[N+](CC)CCOC(=O)C(=C)C)C=C2)cc1.O=S(=O)([O-])C(F)(F)F. The van der Waals surface area contributed by atoms with Gasteiger partial charge in [0.15, 0.2) is 22.4 Å². The largest absolute Gasteiger partial charge is 0.741 e. The summed E-state index contributed by atoms with van der Waals surface area (Å²) in [6.07, 6.45) is 8.95. The predicted octanol–water partition coefficient (Wildman–Crippen LogP) is 9.05. The first-order chi connectivity index (χ1) is 28.4. The van der Waals surface area contributed by atoms with E-state index in [9.17, 15) is 22.8 Å². The molecule has 0 saturated carbocycles. The lowest BCUT2D eigenvalue weighted by Crippen LogP contribution is -2.28. The highest BCUT2D eigenvalue weighted by atomic mass is 32.2. The second-order valence-corrected chi connectivity index (χ2v) is 15.3. The number of para-hydroxylation sites is 1. The number of nitrogens with zero attached hydrogens (tertiary/aromatic N) is 2. The Morgan fingerprint density at radius 3 is 1.92 bits per heavy atom. The number of carbonyl (C=O) groups is 2. The number of benzene rings is 4. The van der Waals surface area contributed by atoms with Crippen LogP contribution >= 0.6 is 0 Å². The summed E-state index contributed by atoms with van der Waals surface area (Å²) >= 11 is 0. The van der Waals surface area contributed by atoms with Gasteiger partial charge in [-0.15, -0.1) is 0 Å². The first kappa shape index (κ1) is 46.7. The average molecular weight is 846 g/mol. The highest BCUT2D eigenvalue weighted by Gasteiger charge is 2.37. The van der Waals surface area contributed by atoms with Gasteiger partial charge in [0.05, 0.1) is 6.54 Å². The number of anilines is 3. The molecule has 0 spiro atoms. The van der Waals surface area contributed by atoms with Crippen LogP contribution in [0.5, 0.6) is 0 Å². The molecule has 0 saturated heterocycles. The molecule has 14 heteroatoms. The molecular weight excluding hydrogens is 796 g/mol. The Hall–Kier alpha value is -5.99. The summed E-state index contributed by atoms with van der Waals surface area (Å²) in [4.78, 5) is 26.1. The van der Waals surface area contributed by atoms with Crippen LogP contribution in [-0.4, -0.2) is 80.1 Å². The van der Waals surface area contributed by atoms with E-state index in [4.69, 9.17) is 22.4 Å². The molecule has 0 amide bonds. The summed E-state index contributed by atoms with van der Waals surface area (Å²) in [7, 11) is -6.09. The van der Waals surface area contributed by atoms with Crippen LogP contribution in [0.3, 0.4) is 0 Å². The van der Waals surface area contributed by atoms with Crippen LogP contribution < -0.4 is 10.2 Å². The van der Waals surface area contributed by atoms with Crippen LogP contribution in [-0.2, 0) is 29.2 Å². The lowest BCUT2D eigenvalue weighted by atomic mass is 9.77. The maximum Gasteiger partial charge on any atom is 0.485 e. The minimum Gasteiger partial charge on any atom is -0.741 e. The van der Waals surface area contributed by atoms with Crippen LogP contribution in [0.15, 0.2) is 140 Å². The summed E-state index contributed by atoms with van der Waals surface area (Å²) in [5, 5.41) is 5.98. The summed E-state index contributed by atoms with van der Waals surface area (Å²) < 4.78 is 71.9. The van der Waals surface area contributed by atoms with Gasteiger partial charge in [-0.3, -0.25) is 0 Å². The number of hydrogen-bond acceptors (Lipinski definition) is 9. The fourth-order valence-electron chi connectivity index (χ4n) is 6.54. The maximum absolute atomic E-state index is 11.9. The van der Waals surface area contributed by atoms with E-state index < -0.39 is 15.6 Å². The number of likely N-dealkylation sites (N-methyl/N-ethyl adjacent to an activating group) is 2. The van der Waals surface area contributed by atoms with Crippen molar-refractivity contribution in [3.05, 3.63) is 151 Å². The van der Waals surface area contributed by atoms with Crippen molar-refractivity contribution in [2.45, 2.75) is 39.1 Å². The third-order valence-corrected chi connectivity index (χ3v) is 10.2. The van der Waals surface area contributed by atoms with Gasteiger partial charge in [-0.05, 0) is 74.5 Å². The van der Waals surface area contributed by atoms with Crippen LogP contribution in [0, 0.1) is 5.92 Å². The van der Waals surface area contributed by atoms with Crippen LogP contribution in [0.25, 0.3) is 10.8 Å². The Morgan fingerprint density at radius 2 is 1.38 bits per heavy atom. The molecule has 0 aliphatic heterocycles. The smallest absolute Gasteiger partial charge is 0.485 e. The van der Waals surface area contributed by atoms with Crippen molar-refractivity contribution in [2.24, 2.45) is 5.92 Å². The van der Waals surface area contributed by atoms with E-state index in [1.54, 1.807) is 13.8 Å². The number of carbonyl (C=O) groups excluding carboxylic acids is 2. The molecule has 0 aromatic heterocycles. The van der Waals surface area contributed by atoms with Gasteiger partial charge in [0.1, 0.15) is 19.8 Å².